The van der Waals surface area contributed by atoms with Gasteiger partial charge in [-0.15, -0.1) is 0 Å². The maximum absolute atomic E-state index is 14.0. The largest absolute Gasteiger partial charge is 0.479 e. The van der Waals surface area contributed by atoms with Crippen molar-refractivity contribution in [1.82, 2.24) is 0 Å². The molecule has 0 amide bonds. The average Bonchev–Trinajstić information content (AvgIpc) is 2.94. The molecule has 1 unspecified atom stereocenters. The standard InChI is InChI=1S/C21H36F2O4/c1-2-3-4-5-6-10-14-21(20(22)23)15-13-17(24)16(21)11-8-7-9-12-18(25)19(26)27/h16,18,20,25H,2-15H2,1H3,(H,26,27)/t16-,18?,21+/m0/s1. The zero-order valence-corrected chi connectivity index (χ0v) is 16.6. The lowest BCUT2D eigenvalue weighted by atomic mass is 9.72. The minimum Gasteiger partial charge on any atom is -0.479 e. The Labute approximate surface area is 161 Å². The Hall–Kier alpha value is -1.04. The fourth-order valence-electron chi connectivity index (χ4n) is 4.36. The quantitative estimate of drug-likeness (QED) is 0.369. The summed E-state index contributed by atoms with van der Waals surface area (Å²) < 4.78 is 27.9. The van der Waals surface area contributed by atoms with Gasteiger partial charge in [0.15, 0.2) is 6.10 Å². The molecule has 0 aromatic carbocycles. The number of hydrogen-bond donors (Lipinski definition) is 2. The molecule has 1 saturated carbocycles. The minimum atomic E-state index is -2.47. The summed E-state index contributed by atoms with van der Waals surface area (Å²) in [7, 11) is 0. The lowest BCUT2D eigenvalue weighted by Crippen LogP contribution is -2.36. The van der Waals surface area contributed by atoms with Gasteiger partial charge in [-0.2, -0.15) is 0 Å². The van der Waals surface area contributed by atoms with Gasteiger partial charge in [0, 0.05) is 17.8 Å². The van der Waals surface area contributed by atoms with Crippen molar-refractivity contribution in [3.8, 4) is 0 Å². The number of carbonyl (C=O) groups is 2. The van der Waals surface area contributed by atoms with Gasteiger partial charge in [-0.3, -0.25) is 4.79 Å². The van der Waals surface area contributed by atoms with E-state index in [1.807, 2.05) is 0 Å². The van der Waals surface area contributed by atoms with Crippen molar-refractivity contribution >= 4 is 11.8 Å². The Kier molecular flexibility index (Phi) is 11.0. The summed E-state index contributed by atoms with van der Waals surface area (Å²) in [6, 6.07) is 0. The number of ketones is 1. The second-order valence-corrected chi connectivity index (χ2v) is 8.06. The molecule has 1 rings (SSSR count). The molecule has 3 atom stereocenters. The number of alkyl halides is 2. The van der Waals surface area contributed by atoms with Gasteiger partial charge in [0.05, 0.1) is 0 Å². The van der Waals surface area contributed by atoms with E-state index in [-0.39, 0.29) is 18.6 Å². The molecule has 1 aliphatic rings. The molecule has 0 radical (unpaired) electrons. The van der Waals surface area contributed by atoms with Crippen LogP contribution < -0.4 is 0 Å². The maximum atomic E-state index is 14.0. The van der Waals surface area contributed by atoms with Crippen molar-refractivity contribution in [3.63, 3.8) is 0 Å². The third kappa shape index (κ3) is 7.47. The molecular formula is C21H36F2O4. The third-order valence-electron chi connectivity index (χ3n) is 6.11. The van der Waals surface area contributed by atoms with Crippen LogP contribution in [0.4, 0.5) is 8.78 Å². The minimum absolute atomic E-state index is 0.0353. The highest BCUT2D eigenvalue weighted by molar-refractivity contribution is 5.84. The third-order valence-corrected chi connectivity index (χ3v) is 6.11. The van der Waals surface area contributed by atoms with Crippen LogP contribution in [-0.2, 0) is 9.59 Å². The highest BCUT2D eigenvalue weighted by Crippen LogP contribution is 2.51. The van der Waals surface area contributed by atoms with Gasteiger partial charge in [-0.1, -0.05) is 64.7 Å². The molecule has 2 N–H and O–H groups in total. The zero-order valence-electron chi connectivity index (χ0n) is 16.6. The molecule has 0 aromatic heterocycles. The molecule has 0 bridgehead atoms. The Morgan fingerprint density at radius 3 is 2.37 bits per heavy atom. The number of aliphatic hydroxyl groups excluding tert-OH is 1. The van der Waals surface area contributed by atoms with Gasteiger partial charge in [0.25, 0.3) is 0 Å². The fraction of sp³-hybridized carbons (Fsp3) is 0.905. The second-order valence-electron chi connectivity index (χ2n) is 8.06. The van der Waals surface area contributed by atoms with Crippen LogP contribution in [0.3, 0.4) is 0 Å². The Bertz CT molecular complexity index is 455. The van der Waals surface area contributed by atoms with Gasteiger partial charge in [-0.05, 0) is 25.7 Å². The van der Waals surface area contributed by atoms with Crippen molar-refractivity contribution in [3.05, 3.63) is 0 Å². The van der Waals surface area contributed by atoms with E-state index in [1.54, 1.807) is 0 Å². The molecule has 0 aliphatic heterocycles. The molecule has 0 aromatic rings. The van der Waals surface area contributed by atoms with Crippen molar-refractivity contribution < 1.29 is 28.6 Å². The van der Waals surface area contributed by atoms with E-state index in [4.69, 9.17) is 5.11 Å². The summed E-state index contributed by atoms with van der Waals surface area (Å²) in [6.07, 6.45) is 5.75. The number of aliphatic hydroxyl groups is 1. The summed E-state index contributed by atoms with van der Waals surface area (Å²) in [5.41, 5.74) is -1.16. The summed E-state index contributed by atoms with van der Waals surface area (Å²) in [5, 5.41) is 17.9. The first-order valence-corrected chi connectivity index (χ1v) is 10.6. The molecule has 1 aliphatic carbocycles. The molecule has 27 heavy (non-hydrogen) atoms. The zero-order chi connectivity index (χ0) is 20.3. The monoisotopic (exact) mass is 390 g/mol. The van der Waals surface area contributed by atoms with Crippen molar-refractivity contribution in [2.24, 2.45) is 11.3 Å². The van der Waals surface area contributed by atoms with Gasteiger partial charge in [-0.25, -0.2) is 13.6 Å². The molecule has 0 saturated heterocycles. The van der Waals surface area contributed by atoms with Crippen LogP contribution in [0.15, 0.2) is 0 Å². The van der Waals surface area contributed by atoms with E-state index in [1.165, 1.54) is 6.42 Å². The topological polar surface area (TPSA) is 74.6 Å². The lowest BCUT2D eigenvalue weighted by molar-refractivity contribution is -0.147. The molecular weight excluding hydrogens is 354 g/mol. The van der Waals surface area contributed by atoms with Crippen LogP contribution in [0.2, 0.25) is 0 Å². The van der Waals surface area contributed by atoms with E-state index in [9.17, 15) is 23.5 Å². The van der Waals surface area contributed by atoms with Gasteiger partial charge >= 0.3 is 5.97 Å². The van der Waals surface area contributed by atoms with E-state index in [0.29, 0.717) is 38.5 Å². The van der Waals surface area contributed by atoms with E-state index in [2.05, 4.69) is 6.92 Å². The highest BCUT2D eigenvalue weighted by atomic mass is 19.3. The van der Waals surface area contributed by atoms with Crippen LogP contribution in [0.5, 0.6) is 0 Å². The van der Waals surface area contributed by atoms with Crippen LogP contribution in [0.25, 0.3) is 0 Å². The molecule has 0 spiro atoms. The SMILES string of the molecule is CCCCCCCC[C@@]1(C(F)F)CCC(=O)[C@@H]1CCCCCC(O)C(=O)O. The van der Waals surface area contributed by atoms with Crippen LogP contribution in [0, 0.1) is 11.3 Å². The number of aliphatic carboxylic acids is 1. The first-order chi connectivity index (χ1) is 12.8. The number of carboxylic acid groups (broad SMARTS) is 1. The molecule has 6 heteroatoms. The number of Topliss-reactive ketones (excluding diaryl/α,β-unsaturated/α-hetero) is 1. The van der Waals surface area contributed by atoms with Crippen LogP contribution >= 0.6 is 0 Å². The van der Waals surface area contributed by atoms with Crippen molar-refractivity contribution in [2.45, 2.75) is 109 Å². The first kappa shape index (κ1) is 24.0. The molecule has 158 valence electrons. The Balaban J connectivity index is 2.47. The van der Waals surface area contributed by atoms with Gasteiger partial charge in [0.1, 0.15) is 5.78 Å². The fourth-order valence-corrected chi connectivity index (χ4v) is 4.36. The smallest absolute Gasteiger partial charge is 0.332 e. The summed E-state index contributed by atoms with van der Waals surface area (Å²) >= 11 is 0. The Morgan fingerprint density at radius 2 is 1.74 bits per heavy atom. The van der Waals surface area contributed by atoms with Crippen LogP contribution in [-0.4, -0.2) is 34.5 Å². The normalized spacial score (nSPS) is 23.9. The summed E-state index contributed by atoms with van der Waals surface area (Å²) in [4.78, 5) is 22.9. The number of unbranched alkanes of at least 4 members (excludes halogenated alkanes) is 7. The predicted molar refractivity (Wildman–Crippen MR) is 101 cm³/mol. The Morgan fingerprint density at radius 1 is 1.11 bits per heavy atom. The average molecular weight is 391 g/mol. The lowest BCUT2D eigenvalue weighted by Gasteiger charge is -2.34. The highest BCUT2D eigenvalue weighted by Gasteiger charge is 2.52. The number of hydrogen-bond acceptors (Lipinski definition) is 3. The van der Waals surface area contributed by atoms with Gasteiger partial charge in [0.2, 0.25) is 6.43 Å². The predicted octanol–water partition coefficient (Wildman–Crippen LogP) is 5.36. The number of rotatable bonds is 15. The molecule has 4 nitrogen and oxygen atoms in total. The number of halogens is 2. The summed E-state index contributed by atoms with van der Waals surface area (Å²) in [6.45, 7) is 2.14. The number of carboxylic acids is 1. The number of carbonyl (C=O) groups excluding carboxylic acids is 1. The van der Waals surface area contributed by atoms with Crippen molar-refractivity contribution in [2.75, 3.05) is 0 Å². The molecule has 1 fully saturated rings. The van der Waals surface area contributed by atoms with Crippen molar-refractivity contribution in [1.29, 1.82) is 0 Å². The van der Waals surface area contributed by atoms with E-state index >= 15 is 0 Å². The van der Waals surface area contributed by atoms with E-state index < -0.39 is 29.8 Å². The molecule has 0 heterocycles. The second kappa shape index (κ2) is 12.4. The maximum Gasteiger partial charge on any atom is 0.332 e. The van der Waals surface area contributed by atoms with Gasteiger partial charge < -0.3 is 10.2 Å². The van der Waals surface area contributed by atoms with E-state index in [0.717, 1.165) is 32.1 Å². The van der Waals surface area contributed by atoms with Crippen LogP contribution in [0.1, 0.15) is 96.8 Å². The summed E-state index contributed by atoms with van der Waals surface area (Å²) in [5.74, 6) is -1.85. The first-order valence-electron chi connectivity index (χ1n) is 10.6.